The van der Waals surface area contributed by atoms with E-state index >= 15 is 0 Å². The van der Waals surface area contributed by atoms with Crippen molar-refractivity contribution in [2.75, 3.05) is 127 Å². The number of hydrogen-bond donors (Lipinski definition) is 6. The number of pyridine rings is 1. The molecule has 10 saturated heterocycles. The molecule has 10 aliphatic heterocycles. The number of benzene rings is 4. The van der Waals surface area contributed by atoms with Gasteiger partial charge in [0.05, 0.1) is 74.6 Å². The molecule has 32 nitrogen and oxygen atoms in total. The first-order valence-electron chi connectivity index (χ1n) is 38.6. The predicted octanol–water partition coefficient (Wildman–Crippen LogP) is 6.11. The van der Waals surface area contributed by atoms with Gasteiger partial charge in [0.25, 0.3) is 0 Å². The molecule has 1 aromatic heterocycles. The number of alkyl halides is 1. The predicted molar refractivity (Wildman–Crippen MR) is 443 cm³/mol. The minimum atomic E-state index is -1.08. The number of aromatic carboxylic acids is 1. The molecule has 4 aromatic carbocycles. The van der Waals surface area contributed by atoms with Crippen LogP contribution in [0.5, 0.6) is 23.0 Å². The number of hydrogen-bond acceptors (Lipinski definition) is 19. The van der Waals surface area contributed by atoms with Crippen molar-refractivity contribution in [3.05, 3.63) is 153 Å². The van der Waals surface area contributed by atoms with Crippen molar-refractivity contribution in [2.24, 2.45) is 33.5 Å². The first kappa shape index (κ1) is 94.0. The average Bonchev–Trinajstić information content (AvgIpc) is 0.754. The number of carboxylic acids is 2. The van der Waals surface area contributed by atoms with E-state index in [0.29, 0.717) is 136 Å². The van der Waals surface area contributed by atoms with Crippen LogP contribution in [-0.2, 0) is 88.5 Å². The smallest absolute Gasteiger partial charge is 0.335 e. The Balaban J connectivity index is 0.000000193. The molecule has 0 radical (unpaired) electrons. The number of carbonyl (C=O) groups excluding carboxylic acids is 11. The van der Waals surface area contributed by atoms with Gasteiger partial charge in [-0.1, -0.05) is 78.5 Å². The molecule has 0 aliphatic carbocycles. The maximum Gasteiger partial charge on any atom is 0.335 e. The van der Waals surface area contributed by atoms with Crippen LogP contribution in [0.25, 0.3) is 0 Å². The Morgan fingerprint density at radius 2 is 0.737 bits per heavy atom. The molecule has 0 saturated carbocycles. The third kappa shape index (κ3) is 24.3. The van der Waals surface area contributed by atoms with Crippen LogP contribution in [0.4, 0.5) is 0 Å². The quantitative estimate of drug-likeness (QED) is 0.0298. The van der Waals surface area contributed by atoms with E-state index in [9.17, 15) is 67.1 Å². The van der Waals surface area contributed by atoms with Crippen LogP contribution >= 0.6 is 22.6 Å². The van der Waals surface area contributed by atoms with Gasteiger partial charge in [-0.05, 0) is 127 Å². The summed E-state index contributed by atoms with van der Waals surface area (Å²) >= 11 is 2.15. The Kier molecular flexibility index (Phi) is 34.1. The number of β-lactam (4-membered cyclic amide) rings is 4. The number of aliphatic carboxylic acids is 1. The zero-order chi connectivity index (χ0) is 85.5. The maximum absolute atomic E-state index is 12.4. The second-order valence-electron chi connectivity index (χ2n) is 30.8. The van der Waals surface area contributed by atoms with Crippen molar-refractivity contribution < 1.29 is 96.2 Å². The van der Waals surface area contributed by atoms with Crippen LogP contribution in [0.2, 0.25) is 0 Å². The Morgan fingerprint density at radius 3 is 0.992 bits per heavy atom. The third-order valence-electron chi connectivity index (χ3n) is 22.6. The number of amides is 10. The number of esters is 1. The Hall–Kier alpha value is -11.1. The summed E-state index contributed by atoms with van der Waals surface area (Å²) in [7, 11) is 13.3. The summed E-state index contributed by atoms with van der Waals surface area (Å²) in [6.07, 6.45) is 6.20. The summed E-state index contributed by atoms with van der Waals surface area (Å²) in [6.45, 7) is 10.5. The summed E-state index contributed by atoms with van der Waals surface area (Å²) in [6, 6.07) is 33.4. The number of piperidine rings is 6. The molecule has 640 valence electrons. The molecular weight excluding hydrogens is 1640 g/mol. The zero-order valence-electron chi connectivity index (χ0n) is 68.1. The molecule has 0 bridgehead atoms. The molecule has 11 heterocycles. The minimum absolute atomic E-state index is 0. The van der Waals surface area contributed by atoms with Gasteiger partial charge in [0.15, 0.2) is 0 Å². The normalized spacial score (nSPS) is 23.1. The van der Waals surface area contributed by atoms with Crippen LogP contribution < -0.4 is 40.5 Å². The van der Waals surface area contributed by atoms with E-state index in [1.165, 1.54) is 13.2 Å². The first-order valence-corrected chi connectivity index (χ1v) is 40.8. The lowest BCUT2D eigenvalue weighted by Crippen LogP contribution is -2.64. The minimum Gasteiger partial charge on any atom is -0.497 e. The standard InChI is InChI=1S/3C16H20N2O3.C15H18N2O3.C7H7NO3.C7H11NO3.C6H9NO3.CH3I.CH4/c3*1-17-8-7-16(9-14(17)19)11-18(15(16)20)10-12-3-5-13(21-2)6-4-12;1-20-12-4-2-11(3-5-12)9-17-10-15(14(17)19)6-7-16-13(18)8-15;1-4-2-5(7(10)11)3-6(9)8-4;1-11-7(10)5-2-3-8-6(9)4-5;8-5-3-4(6(9)10)1-2-7-5;1-2;/h3*3-6H,7-11H2,1-2H3;2-5H,6-10H2,1H3,(H,16,18);2-3H,1H3,(H,8,9)(H,10,11);5H,2-4H2,1H3,(H,8,9);4H,1-3H2,(H,7,8)(H,9,10);1H3;1H4. The summed E-state index contributed by atoms with van der Waals surface area (Å²) in [5, 5.41) is 24.9. The number of aromatic amines is 1. The molecule has 6 unspecified atom stereocenters. The molecule has 6 N–H and O–H groups in total. The highest BCUT2D eigenvalue weighted by atomic mass is 127. The number of halogens is 1. The number of nitrogens with zero attached hydrogens (tertiary/aromatic N) is 7. The molecule has 33 heteroatoms. The lowest BCUT2D eigenvalue weighted by Gasteiger charge is -2.51. The fourth-order valence-electron chi connectivity index (χ4n) is 15.5. The lowest BCUT2D eigenvalue weighted by molar-refractivity contribution is -0.171. The highest BCUT2D eigenvalue weighted by molar-refractivity contribution is 14.1. The number of carbonyl (C=O) groups is 13. The van der Waals surface area contributed by atoms with Gasteiger partial charge < -0.3 is 89.1 Å². The number of carboxylic acid groups (broad SMARTS) is 2. The van der Waals surface area contributed by atoms with E-state index in [1.54, 1.807) is 71.2 Å². The highest BCUT2D eigenvalue weighted by Crippen LogP contribution is 2.46. The number of ether oxygens (including phenoxy) is 5. The van der Waals surface area contributed by atoms with Crippen LogP contribution in [-0.4, -0.2) is 254 Å². The van der Waals surface area contributed by atoms with E-state index in [-0.39, 0.29) is 102 Å². The Morgan fingerprint density at radius 1 is 0.432 bits per heavy atom. The van der Waals surface area contributed by atoms with Crippen molar-refractivity contribution in [3.8, 4) is 23.0 Å². The monoisotopic (exact) mass is 1750 g/mol. The molecule has 10 fully saturated rings. The van der Waals surface area contributed by atoms with Crippen molar-refractivity contribution in [3.63, 3.8) is 0 Å². The van der Waals surface area contributed by atoms with E-state index in [4.69, 9.17) is 29.2 Å². The maximum atomic E-state index is 12.4. The fourth-order valence-corrected chi connectivity index (χ4v) is 15.5. The molecule has 6 atom stereocenters. The number of aromatic nitrogens is 1. The lowest BCUT2D eigenvalue weighted by atomic mass is 9.70. The van der Waals surface area contributed by atoms with Gasteiger partial charge in [-0.2, -0.15) is 0 Å². The van der Waals surface area contributed by atoms with Crippen LogP contribution in [0, 0.1) is 40.4 Å². The number of H-pyrrole nitrogens is 1. The molecule has 4 spiro atoms. The largest absolute Gasteiger partial charge is 0.497 e. The van der Waals surface area contributed by atoms with Gasteiger partial charge in [-0.15, -0.1) is 0 Å². The van der Waals surface area contributed by atoms with Crippen LogP contribution in [0.15, 0.2) is 114 Å². The Bertz CT molecular complexity index is 4210. The van der Waals surface area contributed by atoms with E-state index < -0.39 is 39.5 Å². The number of nitrogens with one attached hydrogen (secondary N) is 4. The van der Waals surface area contributed by atoms with Gasteiger partial charge in [0, 0.05) is 163 Å². The first-order chi connectivity index (χ1) is 55.8. The van der Waals surface area contributed by atoms with Crippen molar-refractivity contribution in [1.82, 2.24) is 55.2 Å². The van der Waals surface area contributed by atoms with Gasteiger partial charge in [-0.3, -0.25) is 62.3 Å². The fraction of sp³-hybridized carbons (Fsp3) is 0.506. The molecule has 10 aliphatic rings. The second kappa shape index (κ2) is 42.8. The SMILES string of the molecule is C.CI.COC(=O)C1CCNC(=O)C1.COc1ccc(CN2CC3(CCN(C)C(=O)C3)C2=O)cc1.COc1ccc(CN2CC3(CCN(C)C(=O)C3)C2=O)cc1.COc1ccc(CN2CC3(CCN(C)C(=O)C3)C2=O)cc1.COc1ccc(CN2CC3(CCNC(=O)C3)C2=O)cc1.Cc1cc(C(=O)O)cc(=O)[nH]1.O=C1CC(C(=O)O)CCN1. The zero-order valence-corrected chi connectivity index (χ0v) is 70.2. The molecule has 5 aromatic rings. The third-order valence-corrected chi connectivity index (χ3v) is 22.6. The van der Waals surface area contributed by atoms with Crippen molar-refractivity contribution in [2.45, 2.75) is 118 Å². The van der Waals surface area contributed by atoms with E-state index in [1.807, 2.05) is 122 Å². The molecule has 15 rings (SSSR count). The van der Waals surface area contributed by atoms with E-state index in [0.717, 1.165) is 77.0 Å². The van der Waals surface area contributed by atoms with Crippen molar-refractivity contribution >= 4 is 99.6 Å². The topological polar surface area (TPSA) is 400 Å². The summed E-state index contributed by atoms with van der Waals surface area (Å²) in [4.78, 5) is 177. The van der Waals surface area contributed by atoms with Crippen molar-refractivity contribution in [1.29, 1.82) is 0 Å². The molecular formula is C85H112IN11O21. The van der Waals surface area contributed by atoms with E-state index in [2.05, 4.69) is 48.3 Å². The number of rotatable bonds is 15. The van der Waals surface area contributed by atoms with Crippen LogP contribution in [0.1, 0.15) is 123 Å². The number of methoxy groups -OCH3 is 5. The molecule has 118 heavy (non-hydrogen) atoms. The highest BCUT2D eigenvalue weighted by Gasteiger charge is 2.58. The second-order valence-corrected chi connectivity index (χ2v) is 30.8. The van der Waals surface area contributed by atoms with Gasteiger partial charge >= 0.3 is 17.9 Å². The summed E-state index contributed by atoms with van der Waals surface area (Å²) < 4.78 is 25.0. The average molecular weight is 1750 g/mol. The number of aryl methyl sites for hydroxylation is 1. The summed E-state index contributed by atoms with van der Waals surface area (Å²) in [5.74, 6) is 0.835. The number of likely N-dealkylation sites (tertiary alicyclic amines) is 7. The van der Waals surface area contributed by atoms with Gasteiger partial charge in [0.2, 0.25) is 64.6 Å². The summed E-state index contributed by atoms with van der Waals surface area (Å²) in [5.41, 5.74) is 2.82. The Labute approximate surface area is 701 Å². The van der Waals surface area contributed by atoms with Gasteiger partial charge in [0.1, 0.15) is 23.0 Å². The van der Waals surface area contributed by atoms with Gasteiger partial charge in [-0.25, -0.2) is 4.79 Å². The van der Waals surface area contributed by atoms with Crippen LogP contribution in [0.3, 0.4) is 0 Å². The molecule has 10 amide bonds.